The lowest BCUT2D eigenvalue weighted by molar-refractivity contribution is -0.125. The molecule has 7 nitrogen and oxygen atoms in total. The Hall–Kier alpha value is -1.93. The van der Waals surface area contributed by atoms with E-state index < -0.39 is 10.0 Å². The van der Waals surface area contributed by atoms with E-state index in [1.54, 1.807) is 16.4 Å². The number of nitrogens with zero attached hydrogens (tertiary/aromatic N) is 1. The van der Waals surface area contributed by atoms with Crippen molar-refractivity contribution in [3.63, 3.8) is 0 Å². The van der Waals surface area contributed by atoms with Gasteiger partial charge >= 0.3 is 0 Å². The smallest absolute Gasteiger partial charge is 0.243 e. The second-order valence-electron chi connectivity index (χ2n) is 8.76. The summed E-state index contributed by atoms with van der Waals surface area (Å²) in [5.41, 5.74) is 0.563. The van der Waals surface area contributed by atoms with Crippen LogP contribution < -0.4 is 10.6 Å². The van der Waals surface area contributed by atoms with Crippen molar-refractivity contribution in [3.05, 3.63) is 24.3 Å². The van der Waals surface area contributed by atoms with Gasteiger partial charge in [-0.3, -0.25) is 9.59 Å². The molecular formula is C23H35N3O4S. The van der Waals surface area contributed by atoms with Crippen molar-refractivity contribution in [3.8, 4) is 0 Å². The molecule has 2 amide bonds. The van der Waals surface area contributed by atoms with Gasteiger partial charge in [0.05, 0.1) is 4.90 Å². The molecule has 1 aliphatic carbocycles. The van der Waals surface area contributed by atoms with Crippen molar-refractivity contribution in [2.24, 2.45) is 5.92 Å². The highest BCUT2D eigenvalue weighted by Gasteiger charge is 2.34. The fraction of sp³-hybridized carbons (Fsp3) is 0.652. The molecule has 1 atom stereocenters. The van der Waals surface area contributed by atoms with E-state index in [4.69, 9.17) is 0 Å². The molecule has 1 aliphatic heterocycles. The van der Waals surface area contributed by atoms with Crippen molar-refractivity contribution >= 4 is 27.5 Å². The summed E-state index contributed by atoms with van der Waals surface area (Å²) in [6.07, 6.45) is 10.2. The molecule has 1 saturated carbocycles. The summed E-state index contributed by atoms with van der Waals surface area (Å²) < 4.78 is 28.1. The highest BCUT2D eigenvalue weighted by atomic mass is 32.2. The van der Waals surface area contributed by atoms with E-state index in [2.05, 4.69) is 10.6 Å². The van der Waals surface area contributed by atoms with Gasteiger partial charge in [0.2, 0.25) is 21.8 Å². The van der Waals surface area contributed by atoms with Crippen LogP contribution in [0.2, 0.25) is 0 Å². The SMILES string of the molecule is CC(=O)Nc1ccc(S(=O)(=O)N2CCCCC2CNC(=O)C2CCCCCCC2)cc1. The number of hydrogen-bond acceptors (Lipinski definition) is 4. The van der Waals surface area contributed by atoms with Gasteiger partial charge in [0, 0.05) is 37.7 Å². The van der Waals surface area contributed by atoms with Gasteiger partial charge in [-0.2, -0.15) is 4.31 Å². The lowest BCUT2D eigenvalue weighted by Gasteiger charge is -2.35. The van der Waals surface area contributed by atoms with Crippen LogP contribution >= 0.6 is 0 Å². The first-order valence-corrected chi connectivity index (χ1v) is 13.0. The Kier molecular flexibility index (Phi) is 8.49. The molecule has 1 aromatic carbocycles. The molecule has 0 bridgehead atoms. The molecular weight excluding hydrogens is 414 g/mol. The van der Waals surface area contributed by atoms with Crippen LogP contribution in [0.1, 0.15) is 71.1 Å². The fourth-order valence-corrected chi connectivity index (χ4v) is 6.32. The Balaban J connectivity index is 1.65. The average Bonchev–Trinajstić information content (AvgIpc) is 2.72. The van der Waals surface area contributed by atoms with E-state index in [9.17, 15) is 18.0 Å². The van der Waals surface area contributed by atoms with Gasteiger partial charge in [-0.15, -0.1) is 0 Å². The Morgan fingerprint density at radius 3 is 2.19 bits per heavy atom. The summed E-state index contributed by atoms with van der Waals surface area (Å²) in [4.78, 5) is 24.1. The number of nitrogens with one attached hydrogen (secondary N) is 2. The van der Waals surface area contributed by atoms with Gasteiger partial charge in [0.25, 0.3) is 0 Å². The number of piperidine rings is 1. The summed E-state index contributed by atoms with van der Waals surface area (Å²) >= 11 is 0. The second kappa shape index (κ2) is 11.1. The van der Waals surface area contributed by atoms with Gasteiger partial charge in [-0.05, 0) is 49.9 Å². The van der Waals surface area contributed by atoms with Gasteiger partial charge in [-0.25, -0.2) is 8.42 Å². The summed E-state index contributed by atoms with van der Waals surface area (Å²) in [5, 5.41) is 5.71. The van der Waals surface area contributed by atoms with Crippen LogP contribution in [-0.4, -0.2) is 43.7 Å². The summed E-state index contributed by atoms with van der Waals surface area (Å²) in [5.74, 6) is -0.0773. The third-order valence-corrected chi connectivity index (χ3v) is 8.31. The minimum absolute atomic E-state index is 0.0512. The van der Waals surface area contributed by atoms with E-state index in [-0.39, 0.29) is 28.7 Å². The first kappa shape index (κ1) is 23.7. The lowest BCUT2D eigenvalue weighted by atomic mass is 9.90. The summed E-state index contributed by atoms with van der Waals surface area (Å²) in [7, 11) is -3.67. The van der Waals surface area contributed by atoms with Gasteiger partial charge < -0.3 is 10.6 Å². The predicted molar refractivity (Wildman–Crippen MR) is 121 cm³/mol. The van der Waals surface area contributed by atoms with Gasteiger partial charge in [0.15, 0.2) is 0 Å². The molecule has 2 fully saturated rings. The largest absolute Gasteiger partial charge is 0.354 e. The Bertz CT molecular complexity index is 846. The molecule has 1 aromatic rings. The van der Waals surface area contributed by atoms with E-state index in [0.29, 0.717) is 18.8 Å². The monoisotopic (exact) mass is 449 g/mol. The minimum atomic E-state index is -3.67. The Labute approximate surface area is 186 Å². The van der Waals surface area contributed by atoms with Gasteiger partial charge in [0.1, 0.15) is 0 Å². The van der Waals surface area contributed by atoms with Crippen molar-refractivity contribution in [1.29, 1.82) is 0 Å². The molecule has 0 radical (unpaired) electrons. The summed E-state index contributed by atoms with van der Waals surface area (Å²) in [6.45, 7) is 2.23. The Morgan fingerprint density at radius 1 is 0.935 bits per heavy atom. The average molecular weight is 450 g/mol. The van der Waals surface area contributed by atoms with Crippen LogP contribution in [0.5, 0.6) is 0 Å². The third-order valence-electron chi connectivity index (χ3n) is 6.34. The zero-order chi connectivity index (χ0) is 22.3. The molecule has 1 saturated heterocycles. The maximum atomic E-state index is 13.3. The molecule has 172 valence electrons. The van der Waals surface area contributed by atoms with E-state index in [0.717, 1.165) is 44.9 Å². The quantitative estimate of drug-likeness (QED) is 0.693. The van der Waals surface area contributed by atoms with E-state index >= 15 is 0 Å². The standard InChI is InChI=1S/C23H35N3O4S/c1-18(27)25-20-12-14-22(15-13-20)31(29,30)26-16-8-7-11-21(26)17-24-23(28)19-9-5-3-2-4-6-10-19/h12-15,19,21H,2-11,16-17H2,1H3,(H,24,28)(H,25,27). The molecule has 31 heavy (non-hydrogen) atoms. The molecule has 2 N–H and O–H groups in total. The molecule has 3 rings (SSSR count). The topological polar surface area (TPSA) is 95.6 Å². The number of hydrogen-bond donors (Lipinski definition) is 2. The number of carbonyl (C=O) groups is 2. The van der Waals surface area contributed by atoms with Crippen LogP contribution in [-0.2, 0) is 19.6 Å². The molecule has 0 spiro atoms. The van der Waals surface area contributed by atoms with E-state index in [1.165, 1.54) is 38.3 Å². The molecule has 0 aromatic heterocycles. The molecule has 2 aliphatic rings. The number of sulfonamides is 1. The lowest BCUT2D eigenvalue weighted by Crippen LogP contribution is -2.50. The van der Waals surface area contributed by atoms with Crippen LogP contribution in [0, 0.1) is 5.92 Å². The maximum absolute atomic E-state index is 13.3. The number of amides is 2. The zero-order valence-electron chi connectivity index (χ0n) is 18.4. The zero-order valence-corrected chi connectivity index (χ0v) is 19.3. The molecule has 8 heteroatoms. The van der Waals surface area contributed by atoms with Gasteiger partial charge in [-0.1, -0.05) is 38.5 Å². The number of carbonyl (C=O) groups excluding carboxylic acids is 2. The fourth-order valence-electron chi connectivity index (χ4n) is 4.62. The number of benzene rings is 1. The highest BCUT2D eigenvalue weighted by Crippen LogP contribution is 2.27. The van der Waals surface area contributed by atoms with Crippen LogP contribution in [0.15, 0.2) is 29.2 Å². The molecule has 1 unspecified atom stereocenters. The number of anilines is 1. The van der Waals surface area contributed by atoms with Crippen molar-refractivity contribution in [1.82, 2.24) is 9.62 Å². The molecule has 1 heterocycles. The minimum Gasteiger partial charge on any atom is -0.354 e. The van der Waals surface area contributed by atoms with Crippen molar-refractivity contribution in [2.45, 2.75) is 82.1 Å². The first-order chi connectivity index (χ1) is 14.9. The predicted octanol–water partition coefficient (Wildman–Crippen LogP) is 3.66. The normalized spacial score (nSPS) is 21.6. The highest BCUT2D eigenvalue weighted by molar-refractivity contribution is 7.89. The van der Waals surface area contributed by atoms with Crippen LogP contribution in [0.25, 0.3) is 0 Å². The second-order valence-corrected chi connectivity index (χ2v) is 10.6. The van der Waals surface area contributed by atoms with Crippen molar-refractivity contribution in [2.75, 3.05) is 18.4 Å². The van der Waals surface area contributed by atoms with Crippen LogP contribution in [0.3, 0.4) is 0 Å². The first-order valence-electron chi connectivity index (χ1n) is 11.5. The van der Waals surface area contributed by atoms with Crippen LogP contribution in [0.4, 0.5) is 5.69 Å². The van der Waals surface area contributed by atoms with E-state index in [1.807, 2.05) is 0 Å². The number of rotatable bonds is 6. The summed E-state index contributed by atoms with van der Waals surface area (Å²) in [6, 6.07) is 6.03. The Morgan fingerprint density at radius 2 is 1.55 bits per heavy atom. The van der Waals surface area contributed by atoms with Crippen molar-refractivity contribution < 1.29 is 18.0 Å². The third kappa shape index (κ3) is 6.53. The maximum Gasteiger partial charge on any atom is 0.243 e.